The predicted octanol–water partition coefficient (Wildman–Crippen LogP) is 3.95. The molecule has 8 nitrogen and oxygen atoms in total. The molecule has 11 heteroatoms. The van der Waals surface area contributed by atoms with E-state index in [-0.39, 0.29) is 22.9 Å². The molecule has 1 heterocycles. The molecule has 0 radical (unpaired) electrons. The summed E-state index contributed by atoms with van der Waals surface area (Å²) in [5.41, 5.74) is 0.462. The van der Waals surface area contributed by atoms with Crippen molar-refractivity contribution < 1.29 is 13.3 Å². The summed E-state index contributed by atoms with van der Waals surface area (Å²) in [5, 5.41) is 15.8. The first kappa shape index (κ1) is 19.2. The number of nitro groups is 1. The van der Waals surface area contributed by atoms with Crippen LogP contribution in [0.2, 0.25) is 10.0 Å². The molecule has 0 unspecified atom stereocenters. The first-order valence-electron chi connectivity index (χ1n) is 7.50. The number of nitro benzene ring substituents is 1. The number of hydrogen-bond acceptors (Lipinski definition) is 5. The van der Waals surface area contributed by atoms with Crippen molar-refractivity contribution in [1.82, 2.24) is 9.78 Å². The minimum absolute atomic E-state index is 0.0940. The Morgan fingerprint density at radius 2 is 1.70 bits per heavy atom. The Morgan fingerprint density at radius 3 is 2.30 bits per heavy atom. The molecule has 27 heavy (non-hydrogen) atoms. The maximum Gasteiger partial charge on any atom is 0.269 e. The molecule has 2 aromatic carbocycles. The number of anilines is 1. The van der Waals surface area contributed by atoms with E-state index in [1.807, 2.05) is 0 Å². The zero-order valence-electron chi connectivity index (χ0n) is 13.5. The van der Waals surface area contributed by atoms with Crippen LogP contribution in [0.15, 0.2) is 59.6 Å². The second kappa shape index (κ2) is 7.55. The van der Waals surface area contributed by atoms with Crippen LogP contribution in [0, 0.1) is 10.1 Å². The topological polar surface area (TPSA) is 107 Å². The van der Waals surface area contributed by atoms with Crippen LogP contribution in [0.25, 0.3) is 0 Å². The Morgan fingerprint density at radius 1 is 1.07 bits per heavy atom. The Bertz CT molecular complexity index is 1080. The highest BCUT2D eigenvalue weighted by Crippen LogP contribution is 2.25. The van der Waals surface area contributed by atoms with Crippen molar-refractivity contribution >= 4 is 44.7 Å². The first-order chi connectivity index (χ1) is 12.8. The van der Waals surface area contributed by atoms with Gasteiger partial charge in [0.05, 0.1) is 16.4 Å². The molecule has 0 saturated heterocycles. The summed E-state index contributed by atoms with van der Waals surface area (Å²) in [5.74, 6) is 0.0940. The Labute approximate surface area is 164 Å². The second-order valence-electron chi connectivity index (χ2n) is 5.46. The molecule has 0 amide bonds. The summed E-state index contributed by atoms with van der Waals surface area (Å²) in [4.78, 5) is 9.94. The van der Waals surface area contributed by atoms with Gasteiger partial charge in [-0.2, -0.15) is 5.10 Å². The summed E-state index contributed by atoms with van der Waals surface area (Å²) in [7, 11) is -3.93. The van der Waals surface area contributed by atoms with Gasteiger partial charge < -0.3 is 0 Å². The third-order valence-electron chi connectivity index (χ3n) is 3.62. The largest absolute Gasteiger partial charge is 0.269 e. The molecule has 0 fully saturated rings. The molecule has 0 aliphatic carbocycles. The zero-order valence-corrected chi connectivity index (χ0v) is 15.9. The van der Waals surface area contributed by atoms with Gasteiger partial charge in [-0.15, -0.1) is 0 Å². The van der Waals surface area contributed by atoms with E-state index in [4.69, 9.17) is 23.2 Å². The highest BCUT2D eigenvalue weighted by Gasteiger charge is 2.17. The fourth-order valence-corrected chi connectivity index (χ4v) is 3.81. The molecule has 0 spiro atoms. The van der Waals surface area contributed by atoms with Gasteiger partial charge in [-0.1, -0.05) is 29.3 Å². The maximum atomic E-state index is 12.4. The van der Waals surface area contributed by atoms with E-state index in [0.29, 0.717) is 15.6 Å². The van der Waals surface area contributed by atoms with Crippen molar-refractivity contribution in [3.05, 3.63) is 80.5 Å². The normalized spacial score (nSPS) is 11.3. The molecule has 1 N–H and O–H groups in total. The van der Waals surface area contributed by atoms with E-state index in [1.54, 1.807) is 24.4 Å². The monoisotopic (exact) mass is 426 g/mol. The van der Waals surface area contributed by atoms with Crippen molar-refractivity contribution in [2.45, 2.75) is 11.4 Å². The lowest BCUT2D eigenvalue weighted by atomic mass is 10.2. The van der Waals surface area contributed by atoms with Gasteiger partial charge in [0.1, 0.15) is 0 Å². The van der Waals surface area contributed by atoms with Crippen LogP contribution in [0.1, 0.15) is 5.56 Å². The SMILES string of the molecule is O=[N+]([O-])c1ccc(S(=O)(=O)Nc2ccn(Cc3c(Cl)cccc3Cl)n2)cc1. The number of benzene rings is 2. The van der Waals surface area contributed by atoms with Crippen LogP contribution in [0.5, 0.6) is 0 Å². The van der Waals surface area contributed by atoms with Gasteiger partial charge in [-0.3, -0.25) is 19.5 Å². The number of nitrogens with zero attached hydrogens (tertiary/aromatic N) is 3. The minimum atomic E-state index is -3.93. The number of sulfonamides is 1. The Kier molecular flexibility index (Phi) is 5.36. The van der Waals surface area contributed by atoms with Crippen LogP contribution in [-0.4, -0.2) is 23.1 Å². The third-order valence-corrected chi connectivity index (χ3v) is 5.70. The number of rotatable bonds is 6. The van der Waals surface area contributed by atoms with E-state index >= 15 is 0 Å². The summed E-state index contributed by atoms with van der Waals surface area (Å²) >= 11 is 12.2. The van der Waals surface area contributed by atoms with Crippen LogP contribution < -0.4 is 4.72 Å². The van der Waals surface area contributed by atoms with Gasteiger partial charge in [0.15, 0.2) is 5.82 Å². The molecule has 1 aromatic heterocycles. The number of aromatic nitrogens is 2. The number of nitrogens with one attached hydrogen (secondary N) is 1. The van der Waals surface area contributed by atoms with Crippen molar-refractivity contribution in [3.63, 3.8) is 0 Å². The second-order valence-corrected chi connectivity index (χ2v) is 7.95. The molecule has 0 saturated carbocycles. The van der Waals surface area contributed by atoms with Crippen LogP contribution >= 0.6 is 23.2 Å². The minimum Gasteiger partial charge on any atom is -0.266 e. The van der Waals surface area contributed by atoms with Crippen molar-refractivity contribution in [2.24, 2.45) is 0 Å². The standard InChI is InChI=1S/C16H12Cl2N4O4S/c17-14-2-1-3-15(18)13(14)10-21-9-8-16(19-21)20-27(25,26)12-6-4-11(5-7-12)22(23)24/h1-9H,10H2,(H,19,20). The van der Waals surface area contributed by atoms with Crippen LogP contribution in [0.4, 0.5) is 11.5 Å². The molecular weight excluding hydrogens is 415 g/mol. The fraction of sp³-hybridized carbons (Fsp3) is 0.0625. The zero-order chi connectivity index (χ0) is 19.6. The summed E-state index contributed by atoms with van der Waals surface area (Å²) in [6.07, 6.45) is 1.58. The smallest absolute Gasteiger partial charge is 0.266 e. The highest BCUT2D eigenvalue weighted by molar-refractivity contribution is 7.92. The molecule has 0 aliphatic heterocycles. The first-order valence-corrected chi connectivity index (χ1v) is 9.74. The number of non-ortho nitro benzene ring substituents is 1. The summed E-state index contributed by atoms with van der Waals surface area (Å²) in [6.45, 7) is 0.262. The van der Waals surface area contributed by atoms with E-state index in [0.717, 1.165) is 24.3 Å². The summed E-state index contributed by atoms with van der Waals surface area (Å²) < 4.78 is 28.6. The number of hydrogen-bond donors (Lipinski definition) is 1. The highest BCUT2D eigenvalue weighted by atomic mass is 35.5. The Balaban J connectivity index is 1.77. The van der Waals surface area contributed by atoms with Crippen molar-refractivity contribution in [3.8, 4) is 0 Å². The third kappa shape index (κ3) is 4.38. The fourth-order valence-electron chi connectivity index (χ4n) is 2.29. The molecule has 140 valence electrons. The Hall–Kier alpha value is -2.62. The maximum absolute atomic E-state index is 12.4. The summed E-state index contributed by atoms with van der Waals surface area (Å²) in [6, 6.07) is 11.1. The molecule has 3 rings (SSSR count). The quantitative estimate of drug-likeness (QED) is 0.474. The van der Waals surface area contributed by atoms with Gasteiger partial charge in [0.25, 0.3) is 15.7 Å². The van der Waals surface area contributed by atoms with Crippen LogP contribution in [0.3, 0.4) is 0 Å². The lowest BCUT2D eigenvalue weighted by molar-refractivity contribution is -0.384. The van der Waals surface area contributed by atoms with E-state index < -0.39 is 14.9 Å². The van der Waals surface area contributed by atoms with Gasteiger partial charge >= 0.3 is 0 Å². The van der Waals surface area contributed by atoms with Crippen LogP contribution in [-0.2, 0) is 16.6 Å². The van der Waals surface area contributed by atoms with E-state index in [2.05, 4.69) is 9.82 Å². The predicted molar refractivity (Wildman–Crippen MR) is 102 cm³/mol. The van der Waals surface area contributed by atoms with Crippen molar-refractivity contribution in [1.29, 1.82) is 0 Å². The van der Waals surface area contributed by atoms with E-state index in [9.17, 15) is 18.5 Å². The number of halogens is 2. The molecule has 0 atom stereocenters. The van der Waals surface area contributed by atoms with Gasteiger partial charge in [-0.25, -0.2) is 8.42 Å². The molecule has 0 bridgehead atoms. The molecule has 3 aromatic rings. The van der Waals surface area contributed by atoms with Crippen molar-refractivity contribution in [2.75, 3.05) is 4.72 Å². The average Bonchev–Trinajstić information content (AvgIpc) is 3.05. The van der Waals surface area contributed by atoms with E-state index in [1.165, 1.54) is 10.7 Å². The van der Waals surface area contributed by atoms with Gasteiger partial charge in [0.2, 0.25) is 0 Å². The lowest BCUT2D eigenvalue weighted by Crippen LogP contribution is -2.14. The van der Waals surface area contributed by atoms with Gasteiger partial charge in [-0.05, 0) is 24.3 Å². The molecule has 0 aliphatic rings. The lowest BCUT2D eigenvalue weighted by Gasteiger charge is -2.07. The average molecular weight is 427 g/mol. The van der Waals surface area contributed by atoms with Gasteiger partial charge in [0, 0.05) is 40.0 Å². The molecular formula is C16H12Cl2N4O4S.